The third-order valence-electron chi connectivity index (χ3n) is 5.62. The highest BCUT2D eigenvalue weighted by atomic mass is 19.1. The van der Waals surface area contributed by atoms with Gasteiger partial charge in [0.1, 0.15) is 5.82 Å². The van der Waals surface area contributed by atoms with Gasteiger partial charge >= 0.3 is 5.97 Å². The van der Waals surface area contributed by atoms with Crippen LogP contribution in [-0.2, 0) is 9.53 Å². The number of fused-ring (bicyclic) bond motifs is 3. The normalized spacial score (nSPS) is 15.4. The van der Waals surface area contributed by atoms with Gasteiger partial charge < -0.3 is 10.1 Å². The number of ether oxygens (including phenoxy) is 1. The Bertz CT molecular complexity index is 1360. The van der Waals surface area contributed by atoms with Crippen LogP contribution >= 0.6 is 0 Å². The van der Waals surface area contributed by atoms with E-state index in [4.69, 9.17) is 9.72 Å². The lowest BCUT2D eigenvalue weighted by Gasteiger charge is -2.31. The molecular formula is C26H22FN3O2. The fourth-order valence-electron chi connectivity index (χ4n) is 4.26. The van der Waals surface area contributed by atoms with E-state index in [-0.39, 0.29) is 12.4 Å². The van der Waals surface area contributed by atoms with Crippen LogP contribution in [0.25, 0.3) is 16.7 Å². The Balaban J connectivity index is 1.83. The maximum Gasteiger partial charge on any atom is 0.338 e. The van der Waals surface area contributed by atoms with Crippen molar-refractivity contribution in [1.82, 2.24) is 9.55 Å². The molecule has 0 spiro atoms. The molecular weight excluding hydrogens is 405 g/mol. The number of para-hydroxylation sites is 2. The Kier molecular flexibility index (Phi) is 4.98. The van der Waals surface area contributed by atoms with Gasteiger partial charge in [-0.25, -0.2) is 14.2 Å². The summed E-state index contributed by atoms with van der Waals surface area (Å²) in [5.74, 6) is -0.148. The number of aromatic nitrogens is 2. The van der Waals surface area contributed by atoms with E-state index in [9.17, 15) is 9.18 Å². The van der Waals surface area contributed by atoms with Crippen LogP contribution in [0.3, 0.4) is 0 Å². The molecule has 3 aromatic carbocycles. The molecule has 0 bridgehead atoms. The minimum absolute atomic E-state index is 0.247. The summed E-state index contributed by atoms with van der Waals surface area (Å²) in [4.78, 5) is 18.1. The lowest BCUT2D eigenvalue weighted by Crippen LogP contribution is -2.29. The molecule has 0 radical (unpaired) electrons. The van der Waals surface area contributed by atoms with E-state index in [2.05, 4.69) is 11.4 Å². The SMILES string of the molecule is CCOC(=O)C1=C(c2ccc(F)cc2)Nc2nc3ccccc3n2[C@@H]1c1cccc(C)c1. The molecule has 0 fully saturated rings. The number of imidazole rings is 1. The summed E-state index contributed by atoms with van der Waals surface area (Å²) in [5.41, 5.74) is 5.46. The van der Waals surface area contributed by atoms with Crippen molar-refractivity contribution >= 4 is 28.6 Å². The first-order chi connectivity index (χ1) is 15.6. The average Bonchev–Trinajstić information content (AvgIpc) is 3.17. The highest BCUT2D eigenvalue weighted by molar-refractivity contribution is 6.03. The molecule has 2 heterocycles. The zero-order chi connectivity index (χ0) is 22.2. The summed E-state index contributed by atoms with van der Waals surface area (Å²) >= 11 is 0. The van der Waals surface area contributed by atoms with Gasteiger partial charge in [0.2, 0.25) is 5.95 Å². The Hall–Kier alpha value is -3.93. The fourth-order valence-corrected chi connectivity index (χ4v) is 4.26. The quantitative estimate of drug-likeness (QED) is 0.439. The van der Waals surface area contributed by atoms with Gasteiger partial charge in [0.25, 0.3) is 0 Å². The van der Waals surface area contributed by atoms with Crippen molar-refractivity contribution in [1.29, 1.82) is 0 Å². The Morgan fingerprint density at radius 1 is 1.09 bits per heavy atom. The summed E-state index contributed by atoms with van der Waals surface area (Å²) in [6, 6.07) is 21.5. The molecule has 4 aromatic rings. The first-order valence-electron chi connectivity index (χ1n) is 10.5. The molecule has 0 aliphatic carbocycles. The van der Waals surface area contributed by atoms with Crippen LogP contribution in [0, 0.1) is 12.7 Å². The lowest BCUT2D eigenvalue weighted by molar-refractivity contribution is -0.138. The number of nitrogens with one attached hydrogen (secondary N) is 1. The van der Waals surface area contributed by atoms with E-state index in [1.807, 2.05) is 54.0 Å². The Morgan fingerprint density at radius 3 is 2.62 bits per heavy atom. The van der Waals surface area contributed by atoms with Crippen molar-refractivity contribution in [3.8, 4) is 0 Å². The average molecular weight is 427 g/mol. The number of aryl methyl sites for hydroxylation is 1. The van der Waals surface area contributed by atoms with Crippen LogP contribution in [0.2, 0.25) is 0 Å². The number of anilines is 1. The molecule has 5 nitrogen and oxygen atoms in total. The summed E-state index contributed by atoms with van der Waals surface area (Å²) in [6.45, 7) is 4.05. The van der Waals surface area contributed by atoms with Gasteiger partial charge in [-0.2, -0.15) is 0 Å². The fraction of sp³-hybridized carbons (Fsp3) is 0.154. The number of rotatable bonds is 4. The number of hydrogen-bond donors (Lipinski definition) is 1. The summed E-state index contributed by atoms with van der Waals surface area (Å²) in [6.07, 6.45) is 0. The summed E-state index contributed by atoms with van der Waals surface area (Å²) in [7, 11) is 0. The smallest absolute Gasteiger partial charge is 0.338 e. The topological polar surface area (TPSA) is 56.1 Å². The van der Waals surface area contributed by atoms with Crippen LogP contribution in [0.1, 0.15) is 29.7 Å². The minimum Gasteiger partial charge on any atom is -0.463 e. The van der Waals surface area contributed by atoms with E-state index >= 15 is 0 Å². The second-order valence-corrected chi connectivity index (χ2v) is 7.75. The minimum atomic E-state index is -0.461. The predicted molar refractivity (Wildman–Crippen MR) is 123 cm³/mol. The van der Waals surface area contributed by atoms with E-state index in [0.717, 1.165) is 22.2 Å². The third kappa shape index (κ3) is 3.34. The molecule has 0 unspecified atom stereocenters. The molecule has 5 rings (SSSR count). The second-order valence-electron chi connectivity index (χ2n) is 7.75. The lowest BCUT2D eigenvalue weighted by atomic mass is 9.91. The predicted octanol–water partition coefficient (Wildman–Crippen LogP) is 5.47. The van der Waals surface area contributed by atoms with Gasteiger partial charge in [-0.1, -0.05) is 42.0 Å². The van der Waals surface area contributed by atoms with Crippen molar-refractivity contribution in [3.05, 3.63) is 101 Å². The molecule has 1 N–H and O–H groups in total. The summed E-state index contributed by atoms with van der Waals surface area (Å²) < 4.78 is 21.2. The largest absolute Gasteiger partial charge is 0.463 e. The zero-order valence-corrected chi connectivity index (χ0v) is 17.8. The number of nitrogens with zero attached hydrogens (tertiary/aromatic N) is 2. The van der Waals surface area contributed by atoms with Gasteiger partial charge in [0, 0.05) is 0 Å². The van der Waals surface area contributed by atoms with E-state index in [1.54, 1.807) is 19.1 Å². The first kappa shape index (κ1) is 20.0. The monoisotopic (exact) mass is 427 g/mol. The molecule has 1 aromatic heterocycles. The molecule has 0 saturated carbocycles. The number of halogens is 1. The Labute approximate surface area is 185 Å². The first-order valence-corrected chi connectivity index (χ1v) is 10.5. The molecule has 0 saturated heterocycles. The van der Waals surface area contributed by atoms with Crippen LogP contribution < -0.4 is 5.32 Å². The second kappa shape index (κ2) is 7.96. The number of esters is 1. The zero-order valence-electron chi connectivity index (χ0n) is 17.8. The maximum atomic E-state index is 13.7. The number of carbonyl (C=O) groups is 1. The van der Waals surface area contributed by atoms with Crippen molar-refractivity contribution in [3.63, 3.8) is 0 Å². The van der Waals surface area contributed by atoms with Crippen LogP contribution in [-0.4, -0.2) is 22.1 Å². The van der Waals surface area contributed by atoms with Crippen LogP contribution in [0.5, 0.6) is 0 Å². The summed E-state index contributed by atoms with van der Waals surface area (Å²) in [5, 5.41) is 3.33. The van der Waals surface area contributed by atoms with Crippen molar-refractivity contribution in [2.75, 3.05) is 11.9 Å². The standard InChI is InChI=1S/C26H22FN3O2/c1-3-32-25(31)22-23(17-11-13-19(27)14-12-17)29-26-28-20-9-4-5-10-21(20)30(26)24(22)18-8-6-7-16(2)15-18/h4-15,24H,3H2,1-2H3,(H,28,29)/t24-/m1/s1. The van der Waals surface area contributed by atoms with Crippen LogP contribution in [0.4, 0.5) is 10.3 Å². The van der Waals surface area contributed by atoms with Gasteiger partial charge in [0.05, 0.1) is 35.0 Å². The molecule has 160 valence electrons. The highest BCUT2D eigenvalue weighted by Crippen LogP contribution is 2.42. The van der Waals surface area contributed by atoms with Crippen LogP contribution in [0.15, 0.2) is 78.4 Å². The van der Waals surface area contributed by atoms with E-state index in [1.165, 1.54) is 12.1 Å². The molecule has 32 heavy (non-hydrogen) atoms. The van der Waals surface area contributed by atoms with Gasteiger partial charge in [-0.3, -0.25) is 4.57 Å². The Morgan fingerprint density at radius 2 is 1.88 bits per heavy atom. The van der Waals surface area contributed by atoms with Crippen molar-refractivity contribution in [2.45, 2.75) is 19.9 Å². The third-order valence-corrected chi connectivity index (χ3v) is 5.62. The number of hydrogen-bond acceptors (Lipinski definition) is 4. The van der Waals surface area contributed by atoms with Gasteiger partial charge in [0.15, 0.2) is 0 Å². The highest BCUT2D eigenvalue weighted by Gasteiger charge is 2.36. The molecule has 1 aliphatic heterocycles. The van der Waals surface area contributed by atoms with Gasteiger partial charge in [-0.15, -0.1) is 0 Å². The molecule has 1 atom stereocenters. The van der Waals surface area contributed by atoms with E-state index < -0.39 is 12.0 Å². The molecule has 1 aliphatic rings. The van der Waals surface area contributed by atoms with Crippen molar-refractivity contribution < 1.29 is 13.9 Å². The van der Waals surface area contributed by atoms with Gasteiger partial charge in [-0.05, 0) is 61.4 Å². The maximum absolute atomic E-state index is 13.7. The number of benzene rings is 3. The van der Waals surface area contributed by atoms with E-state index in [0.29, 0.717) is 22.8 Å². The number of carbonyl (C=O) groups excluding carboxylic acids is 1. The van der Waals surface area contributed by atoms with Crippen molar-refractivity contribution in [2.24, 2.45) is 0 Å². The molecule has 0 amide bonds. The molecule has 6 heteroatoms.